The van der Waals surface area contributed by atoms with Gasteiger partial charge in [0.15, 0.2) is 5.82 Å². The van der Waals surface area contributed by atoms with E-state index in [2.05, 4.69) is 23.4 Å². The molecule has 0 aliphatic rings. The molecule has 0 saturated heterocycles. The Kier molecular flexibility index (Phi) is 6.81. The lowest BCUT2D eigenvalue weighted by molar-refractivity contribution is -0.111. The third kappa shape index (κ3) is 5.59. The Balaban J connectivity index is 1.28. The van der Waals surface area contributed by atoms with Gasteiger partial charge in [-0.15, -0.1) is 0 Å². The molecule has 5 aromatic rings. The molecule has 0 aliphatic heterocycles. The number of carbonyl (C=O) groups excluding carboxylic acids is 1. The Bertz CT molecular complexity index is 1590. The number of hydrogen-bond donors (Lipinski definition) is 1. The normalized spacial score (nSPS) is 11.2. The number of benzene rings is 3. The third-order valence-corrected chi connectivity index (χ3v) is 6.09. The Labute approximate surface area is 216 Å². The van der Waals surface area contributed by atoms with Crippen molar-refractivity contribution in [2.45, 2.75) is 27.4 Å². The number of hydrogen-bond acceptors (Lipinski definition) is 4. The van der Waals surface area contributed by atoms with Gasteiger partial charge in [0.05, 0.1) is 11.2 Å². The molecule has 5 rings (SSSR count). The van der Waals surface area contributed by atoms with Crippen LogP contribution in [0.5, 0.6) is 5.75 Å². The number of pyridine rings is 1. The van der Waals surface area contributed by atoms with Crippen LogP contribution in [0.2, 0.25) is 0 Å². The number of para-hydroxylation sites is 1. The largest absolute Gasteiger partial charge is 0.489 e. The van der Waals surface area contributed by atoms with Crippen LogP contribution < -0.4 is 10.1 Å². The van der Waals surface area contributed by atoms with E-state index in [0.717, 1.165) is 44.6 Å². The summed E-state index contributed by atoms with van der Waals surface area (Å²) in [5.41, 5.74) is 5.92. The molecule has 6 nitrogen and oxygen atoms in total. The van der Waals surface area contributed by atoms with Crippen molar-refractivity contribution in [3.05, 3.63) is 119 Å². The summed E-state index contributed by atoms with van der Waals surface area (Å²) in [6.45, 7) is 6.50. The number of aromatic nitrogens is 3. The Hall–Kier alpha value is -4.71. The van der Waals surface area contributed by atoms with Gasteiger partial charge in [0.1, 0.15) is 18.2 Å². The summed E-state index contributed by atoms with van der Waals surface area (Å²) >= 11 is 0. The first-order valence-electron chi connectivity index (χ1n) is 12.2. The lowest BCUT2D eigenvalue weighted by atomic mass is 10.1. The van der Waals surface area contributed by atoms with E-state index in [1.165, 1.54) is 6.08 Å². The molecule has 1 amide bonds. The molecule has 0 bridgehead atoms. The second-order valence-electron chi connectivity index (χ2n) is 9.02. The summed E-state index contributed by atoms with van der Waals surface area (Å²) < 4.78 is 7.51. The van der Waals surface area contributed by atoms with Crippen LogP contribution in [0.4, 0.5) is 5.82 Å². The molecule has 0 fully saturated rings. The number of rotatable bonds is 7. The number of nitrogens with zero attached hydrogens (tertiary/aromatic N) is 3. The van der Waals surface area contributed by atoms with Gasteiger partial charge in [0.2, 0.25) is 5.91 Å². The van der Waals surface area contributed by atoms with Gasteiger partial charge in [0.25, 0.3) is 0 Å². The molecule has 1 N–H and O–H groups in total. The van der Waals surface area contributed by atoms with Crippen LogP contribution in [0.25, 0.3) is 22.8 Å². The molecule has 6 heteroatoms. The molecular formula is C31H28N4O2. The van der Waals surface area contributed by atoms with Gasteiger partial charge in [-0.25, -0.2) is 4.98 Å². The van der Waals surface area contributed by atoms with E-state index in [0.29, 0.717) is 18.2 Å². The molecule has 2 aromatic heterocycles. The number of ether oxygens (including phenoxy) is 1. The topological polar surface area (TPSA) is 69.0 Å². The molecule has 0 atom stereocenters. The maximum atomic E-state index is 12.8. The van der Waals surface area contributed by atoms with Crippen LogP contribution >= 0.6 is 0 Å². The number of nitrogens with one attached hydrogen (secondary N) is 1. The van der Waals surface area contributed by atoms with Crippen LogP contribution in [0.1, 0.15) is 27.9 Å². The number of amides is 1. The van der Waals surface area contributed by atoms with Crippen molar-refractivity contribution in [3.63, 3.8) is 0 Å². The Morgan fingerprint density at radius 1 is 0.919 bits per heavy atom. The summed E-state index contributed by atoms with van der Waals surface area (Å²) in [7, 11) is 0. The predicted octanol–water partition coefficient (Wildman–Crippen LogP) is 6.58. The Morgan fingerprint density at radius 2 is 1.70 bits per heavy atom. The molecule has 37 heavy (non-hydrogen) atoms. The summed E-state index contributed by atoms with van der Waals surface area (Å²) in [5, 5.41) is 8.63. The van der Waals surface area contributed by atoms with Gasteiger partial charge >= 0.3 is 0 Å². The summed E-state index contributed by atoms with van der Waals surface area (Å²) in [5.74, 6) is 1.76. The van der Waals surface area contributed by atoms with Crippen molar-refractivity contribution < 1.29 is 9.53 Å². The molecule has 0 unspecified atom stereocenters. The quantitative estimate of drug-likeness (QED) is 0.263. The zero-order valence-corrected chi connectivity index (χ0v) is 21.1. The first-order chi connectivity index (χ1) is 18.0. The Morgan fingerprint density at radius 3 is 2.49 bits per heavy atom. The highest BCUT2D eigenvalue weighted by Gasteiger charge is 2.13. The molecule has 2 heterocycles. The van der Waals surface area contributed by atoms with Crippen molar-refractivity contribution in [1.82, 2.24) is 14.8 Å². The van der Waals surface area contributed by atoms with E-state index < -0.39 is 0 Å². The fourth-order valence-corrected chi connectivity index (χ4v) is 4.17. The zero-order valence-electron chi connectivity index (χ0n) is 21.1. The van der Waals surface area contributed by atoms with Gasteiger partial charge in [0, 0.05) is 17.5 Å². The summed E-state index contributed by atoms with van der Waals surface area (Å²) in [6.07, 6.45) is 3.28. The molecule has 0 radical (unpaired) electrons. The van der Waals surface area contributed by atoms with Crippen molar-refractivity contribution in [2.75, 3.05) is 5.32 Å². The zero-order chi connectivity index (χ0) is 25.8. The monoisotopic (exact) mass is 488 g/mol. The molecule has 0 saturated carbocycles. The minimum atomic E-state index is -0.251. The van der Waals surface area contributed by atoms with Crippen LogP contribution in [0.3, 0.4) is 0 Å². The van der Waals surface area contributed by atoms with Crippen LogP contribution in [-0.4, -0.2) is 20.7 Å². The van der Waals surface area contributed by atoms with E-state index in [1.54, 1.807) is 10.8 Å². The second-order valence-corrected chi connectivity index (χ2v) is 9.02. The minimum Gasteiger partial charge on any atom is -0.489 e. The molecule has 0 spiro atoms. The highest BCUT2D eigenvalue weighted by molar-refractivity contribution is 6.01. The van der Waals surface area contributed by atoms with Crippen LogP contribution in [0.15, 0.2) is 91.0 Å². The molecule has 3 aromatic carbocycles. The first-order valence-corrected chi connectivity index (χ1v) is 12.2. The highest BCUT2D eigenvalue weighted by atomic mass is 16.5. The van der Waals surface area contributed by atoms with Gasteiger partial charge < -0.3 is 10.1 Å². The molecular weight excluding hydrogens is 460 g/mol. The smallest absolute Gasteiger partial charge is 0.249 e. The molecule has 184 valence electrons. The highest BCUT2D eigenvalue weighted by Crippen LogP contribution is 2.24. The lowest BCUT2D eigenvalue weighted by Gasteiger charge is -2.11. The number of carbonyl (C=O) groups is 1. The lowest BCUT2D eigenvalue weighted by Crippen LogP contribution is -2.13. The SMILES string of the molecule is Cc1cc(NC(=O)/C=C/c2ccc(OCc3ccccc3)cc2)n(-c2cc(C)c3cccc(C)c3n2)n1. The standard InChI is InChI=1S/C31H28N4O2/c1-21-8-7-11-27-22(2)18-28(33-31(21)27)35-29(19-23(3)34-35)32-30(36)17-14-24-12-15-26(16-13-24)37-20-25-9-5-4-6-10-25/h4-19H,20H2,1-3H3,(H,32,36)/b17-14+. The van der Waals surface area contributed by atoms with E-state index in [-0.39, 0.29) is 5.91 Å². The average molecular weight is 489 g/mol. The predicted molar refractivity (Wildman–Crippen MR) is 148 cm³/mol. The van der Waals surface area contributed by atoms with E-state index in [4.69, 9.17) is 9.72 Å². The maximum Gasteiger partial charge on any atom is 0.249 e. The van der Waals surface area contributed by atoms with Crippen LogP contribution in [-0.2, 0) is 11.4 Å². The fourth-order valence-electron chi connectivity index (χ4n) is 4.17. The van der Waals surface area contributed by atoms with Crippen molar-refractivity contribution in [1.29, 1.82) is 0 Å². The van der Waals surface area contributed by atoms with Gasteiger partial charge in [-0.3, -0.25) is 4.79 Å². The van der Waals surface area contributed by atoms with Gasteiger partial charge in [-0.2, -0.15) is 9.78 Å². The summed E-state index contributed by atoms with van der Waals surface area (Å²) in [4.78, 5) is 17.6. The average Bonchev–Trinajstić information content (AvgIpc) is 3.27. The van der Waals surface area contributed by atoms with E-state index in [1.807, 2.05) is 92.7 Å². The fraction of sp³-hybridized carbons (Fsp3) is 0.129. The molecule has 0 aliphatic carbocycles. The second kappa shape index (κ2) is 10.5. The van der Waals surface area contributed by atoms with E-state index >= 15 is 0 Å². The van der Waals surface area contributed by atoms with Crippen molar-refractivity contribution in [3.8, 4) is 11.6 Å². The maximum absolute atomic E-state index is 12.8. The van der Waals surface area contributed by atoms with Gasteiger partial charge in [-0.1, -0.05) is 60.7 Å². The summed E-state index contributed by atoms with van der Waals surface area (Å²) in [6, 6.07) is 27.6. The third-order valence-electron chi connectivity index (χ3n) is 6.09. The number of aryl methyl sites for hydroxylation is 3. The van der Waals surface area contributed by atoms with Crippen molar-refractivity contribution >= 4 is 28.7 Å². The number of anilines is 1. The first kappa shape index (κ1) is 24.0. The van der Waals surface area contributed by atoms with Crippen LogP contribution in [0, 0.1) is 20.8 Å². The van der Waals surface area contributed by atoms with E-state index in [9.17, 15) is 4.79 Å². The number of fused-ring (bicyclic) bond motifs is 1. The minimum absolute atomic E-state index is 0.251. The van der Waals surface area contributed by atoms with Gasteiger partial charge in [-0.05, 0) is 67.3 Å². The van der Waals surface area contributed by atoms with Crippen molar-refractivity contribution in [2.24, 2.45) is 0 Å².